The number of hydrogen-bond acceptors (Lipinski definition) is 2. The van der Waals surface area contributed by atoms with Gasteiger partial charge in [0.25, 0.3) is 0 Å². The molecule has 1 saturated carbocycles. The maximum atomic E-state index is 3.69. The fourth-order valence-electron chi connectivity index (χ4n) is 3.30. The van der Waals surface area contributed by atoms with E-state index in [2.05, 4.69) is 54.7 Å². The fourth-order valence-corrected chi connectivity index (χ4v) is 4.28. The van der Waals surface area contributed by atoms with E-state index in [0.29, 0.717) is 5.41 Å². The van der Waals surface area contributed by atoms with Gasteiger partial charge in [-0.05, 0) is 36.0 Å². The van der Waals surface area contributed by atoms with E-state index in [-0.39, 0.29) is 0 Å². The fraction of sp³-hybridized carbons (Fsp3) is 0.474. The van der Waals surface area contributed by atoms with Gasteiger partial charge >= 0.3 is 0 Å². The second-order valence-electron chi connectivity index (χ2n) is 6.61. The first-order valence-corrected chi connectivity index (χ1v) is 8.92. The van der Waals surface area contributed by atoms with Crippen molar-refractivity contribution in [3.8, 4) is 10.4 Å². The van der Waals surface area contributed by atoms with Crippen LogP contribution in [0.1, 0.15) is 43.9 Å². The average molecular weight is 299 g/mol. The SMILES string of the molecule is CC1(CNCc2ccc(-c3ccccc3)s2)CCCCC1. The Morgan fingerprint density at radius 3 is 2.52 bits per heavy atom. The maximum Gasteiger partial charge on any atom is 0.0346 e. The molecule has 1 aliphatic carbocycles. The summed E-state index contributed by atoms with van der Waals surface area (Å²) in [5.41, 5.74) is 1.85. The first kappa shape index (κ1) is 14.8. The lowest BCUT2D eigenvalue weighted by molar-refractivity contribution is 0.208. The van der Waals surface area contributed by atoms with Crippen molar-refractivity contribution in [2.45, 2.75) is 45.6 Å². The van der Waals surface area contributed by atoms with Crippen LogP contribution in [0.5, 0.6) is 0 Å². The summed E-state index contributed by atoms with van der Waals surface area (Å²) in [5.74, 6) is 0. The van der Waals surface area contributed by atoms with Crippen molar-refractivity contribution in [1.29, 1.82) is 0 Å². The molecule has 112 valence electrons. The predicted molar refractivity (Wildman–Crippen MR) is 92.7 cm³/mol. The molecule has 0 saturated heterocycles. The van der Waals surface area contributed by atoms with Crippen LogP contribution in [-0.4, -0.2) is 6.54 Å². The van der Waals surface area contributed by atoms with Crippen LogP contribution in [0.15, 0.2) is 42.5 Å². The van der Waals surface area contributed by atoms with Crippen LogP contribution in [0.25, 0.3) is 10.4 Å². The molecular formula is C19H25NS. The summed E-state index contributed by atoms with van der Waals surface area (Å²) in [6.45, 7) is 4.61. The topological polar surface area (TPSA) is 12.0 Å². The molecule has 2 aromatic rings. The van der Waals surface area contributed by atoms with E-state index in [1.807, 2.05) is 11.3 Å². The van der Waals surface area contributed by atoms with E-state index < -0.39 is 0 Å². The molecule has 1 heterocycles. The minimum atomic E-state index is 0.526. The molecule has 2 heteroatoms. The van der Waals surface area contributed by atoms with E-state index >= 15 is 0 Å². The highest BCUT2D eigenvalue weighted by Crippen LogP contribution is 2.35. The highest BCUT2D eigenvalue weighted by Gasteiger charge is 2.25. The summed E-state index contributed by atoms with van der Waals surface area (Å²) in [6.07, 6.45) is 7.03. The van der Waals surface area contributed by atoms with Crippen molar-refractivity contribution >= 4 is 11.3 Å². The van der Waals surface area contributed by atoms with Crippen molar-refractivity contribution in [2.75, 3.05) is 6.54 Å². The smallest absolute Gasteiger partial charge is 0.0346 e. The van der Waals surface area contributed by atoms with Gasteiger partial charge in [-0.2, -0.15) is 0 Å². The van der Waals surface area contributed by atoms with Crippen LogP contribution in [-0.2, 0) is 6.54 Å². The molecule has 0 radical (unpaired) electrons. The first-order chi connectivity index (χ1) is 10.3. The van der Waals surface area contributed by atoms with Crippen molar-refractivity contribution < 1.29 is 0 Å². The van der Waals surface area contributed by atoms with Gasteiger partial charge in [-0.1, -0.05) is 56.5 Å². The summed E-state index contributed by atoms with van der Waals surface area (Å²) in [5, 5.41) is 3.69. The summed E-state index contributed by atoms with van der Waals surface area (Å²) < 4.78 is 0. The molecule has 1 aliphatic rings. The average Bonchev–Trinajstić information content (AvgIpc) is 2.98. The molecule has 0 unspecified atom stereocenters. The first-order valence-electron chi connectivity index (χ1n) is 8.10. The van der Waals surface area contributed by atoms with Crippen molar-refractivity contribution in [2.24, 2.45) is 5.41 Å². The molecule has 0 amide bonds. The lowest BCUT2D eigenvalue weighted by Gasteiger charge is -2.33. The Morgan fingerprint density at radius 2 is 1.76 bits per heavy atom. The lowest BCUT2D eigenvalue weighted by atomic mass is 9.76. The third kappa shape index (κ3) is 3.96. The number of benzene rings is 1. The van der Waals surface area contributed by atoms with Crippen LogP contribution in [0.2, 0.25) is 0 Å². The van der Waals surface area contributed by atoms with E-state index in [1.165, 1.54) is 47.4 Å². The van der Waals surface area contributed by atoms with Crippen molar-refractivity contribution in [3.63, 3.8) is 0 Å². The normalized spacial score (nSPS) is 17.8. The molecule has 1 N–H and O–H groups in total. The number of nitrogens with one attached hydrogen (secondary N) is 1. The summed E-state index contributed by atoms with van der Waals surface area (Å²) >= 11 is 1.91. The molecule has 1 aromatic carbocycles. The molecule has 1 fully saturated rings. The molecule has 0 atom stereocenters. The van der Waals surface area contributed by atoms with Gasteiger partial charge in [0.2, 0.25) is 0 Å². The van der Waals surface area contributed by atoms with E-state index in [1.54, 1.807) is 0 Å². The minimum absolute atomic E-state index is 0.526. The molecule has 0 spiro atoms. The van der Waals surface area contributed by atoms with E-state index in [4.69, 9.17) is 0 Å². The number of hydrogen-bond donors (Lipinski definition) is 1. The van der Waals surface area contributed by atoms with Gasteiger partial charge in [0, 0.05) is 22.8 Å². The molecular weight excluding hydrogens is 274 g/mol. The molecule has 0 bridgehead atoms. The van der Waals surface area contributed by atoms with Crippen molar-refractivity contribution in [1.82, 2.24) is 5.32 Å². The standard InChI is InChI=1S/C19H25NS/c1-19(12-6-3-7-13-19)15-20-14-17-10-11-18(21-17)16-8-4-2-5-9-16/h2,4-5,8-11,20H,3,6-7,12-15H2,1H3. The van der Waals surface area contributed by atoms with Gasteiger partial charge in [-0.25, -0.2) is 0 Å². The van der Waals surface area contributed by atoms with Crippen LogP contribution < -0.4 is 5.32 Å². The quantitative estimate of drug-likeness (QED) is 0.771. The third-order valence-electron chi connectivity index (χ3n) is 4.63. The second kappa shape index (κ2) is 6.76. The summed E-state index contributed by atoms with van der Waals surface area (Å²) in [4.78, 5) is 2.81. The largest absolute Gasteiger partial charge is 0.311 e. The van der Waals surface area contributed by atoms with Gasteiger partial charge in [0.05, 0.1) is 0 Å². The Kier molecular flexibility index (Phi) is 4.77. The Morgan fingerprint density at radius 1 is 1.00 bits per heavy atom. The van der Waals surface area contributed by atoms with Gasteiger partial charge in [-0.15, -0.1) is 11.3 Å². The monoisotopic (exact) mass is 299 g/mol. The van der Waals surface area contributed by atoms with E-state index in [9.17, 15) is 0 Å². The lowest BCUT2D eigenvalue weighted by Crippen LogP contribution is -2.33. The van der Waals surface area contributed by atoms with Crippen LogP contribution in [0.4, 0.5) is 0 Å². The second-order valence-corrected chi connectivity index (χ2v) is 7.78. The van der Waals surface area contributed by atoms with Gasteiger partial charge < -0.3 is 5.32 Å². The van der Waals surface area contributed by atoms with E-state index in [0.717, 1.165) is 13.1 Å². The van der Waals surface area contributed by atoms with Crippen LogP contribution in [0, 0.1) is 5.41 Å². The van der Waals surface area contributed by atoms with Crippen LogP contribution in [0.3, 0.4) is 0 Å². The molecule has 1 aromatic heterocycles. The highest BCUT2D eigenvalue weighted by molar-refractivity contribution is 7.15. The van der Waals surface area contributed by atoms with Crippen molar-refractivity contribution in [3.05, 3.63) is 47.3 Å². The molecule has 1 nitrogen and oxygen atoms in total. The molecule has 0 aliphatic heterocycles. The van der Waals surface area contributed by atoms with Gasteiger partial charge in [0.1, 0.15) is 0 Å². The Balaban J connectivity index is 1.53. The van der Waals surface area contributed by atoms with Gasteiger partial charge in [0.15, 0.2) is 0 Å². The van der Waals surface area contributed by atoms with Gasteiger partial charge in [-0.3, -0.25) is 0 Å². The third-order valence-corrected chi connectivity index (χ3v) is 5.77. The Labute approximate surface area is 132 Å². The summed E-state index contributed by atoms with van der Waals surface area (Å²) in [6, 6.07) is 15.2. The highest BCUT2D eigenvalue weighted by atomic mass is 32.1. The zero-order valence-electron chi connectivity index (χ0n) is 12.9. The van der Waals surface area contributed by atoms with Crippen LogP contribution >= 0.6 is 11.3 Å². The number of rotatable bonds is 5. The minimum Gasteiger partial charge on any atom is -0.311 e. The predicted octanol–water partition coefficient (Wildman–Crippen LogP) is 5.48. The zero-order chi connectivity index (χ0) is 14.5. The molecule has 3 rings (SSSR count). The zero-order valence-corrected chi connectivity index (χ0v) is 13.7. The summed E-state index contributed by atoms with van der Waals surface area (Å²) in [7, 11) is 0. The maximum absolute atomic E-state index is 3.69. The number of thiophene rings is 1. The molecule has 21 heavy (non-hydrogen) atoms. The Hall–Kier alpha value is -1.12. The Bertz CT molecular complexity index is 552.